The van der Waals surface area contributed by atoms with Gasteiger partial charge in [-0.1, -0.05) is 0 Å². The van der Waals surface area contributed by atoms with Crippen molar-refractivity contribution in [3.63, 3.8) is 0 Å². The SMILES string of the molecule is COCCCCOCC1CCN(c2ccc(C(=O)NN)cc2)CC1. The molecule has 2 rings (SSSR count). The highest BCUT2D eigenvalue weighted by molar-refractivity contribution is 5.94. The van der Waals surface area contributed by atoms with Gasteiger partial charge in [0.15, 0.2) is 0 Å². The first-order chi connectivity index (χ1) is 11.7. The molecule has 0 aliphatic carbocycles. The van der Waals surface area contributed by atoms with Crippen LogP contribution >= 0.6 is 0 Å². The topological polar surface area (TPSA) is 76.8 Å². The van der Waals surface area contributed by atoms with Crippen molar-refractivity contribution in [1.82, 2.24) is 5.43 Å². The van der Waals surface area contributed by atoms with Gasteiger partial charge in [-0.2, -0.15) is 0 Å². The normalized spacial score (nSPS) is 15.5. The highest BCUT2D eigenvalue weighted by atomic mass is 16.5. The summed E-state index contributed by atoms with van der Waals surface area (Å²) in [5, 5.41) is 0. The quantitative estimate of drug-likeness (QED) is 0.312. The number of rotatable bonds is 9. The second kappa shape index (κ2) is 10.3. The zero-order valence-corrected chi connectivity index (χ0v) is 14.5. The number of anilines is 1. The number of hydrazine groups is 1. The fourth-order valence-corrected chi connectivity index (χ4v) is 2.97. The largest absolute Gasteiger partial charge is 0.385 e. The van der Waals surface area contributed by atoms with E-state index in [9.17, 15) is 4.79 Å². The fraction of sp³-hybridized carbons (Fsp3) is 0.611. The summed E-state index contributed by atoms with van der Waals surface area (Å²) in [5.74, 6) is 5.53. The fourth-order valence-electron chi connectivity index (χ4n) is 2.97. The predicted molar refractivity (Wildman–Crippen MR) is 95.0 cm³/mol. The summed E-state index contributed by atoms with van der Waals surface area (Å²) in [6, 6.07) is 7.59. The van der Waals surface area contributed by atoms with Crippen LogP contribution in [0.4, 0.5) is 5.69 Å². The third-order valence-corrected chi connectivity index (χ3v) is 4.48. The van der Waals surface area contributed by atoms with Gasteiger partial charge in [0.2, 0.25) is 0 Å². The number of nitrogen functional groups attached to an aromatic ring is 1. The van der Waals surface area contributed by atoms with Gasteiger partial charge < -0.3 is 14.4 Å². The lowest BCUT2D eigenvalue weighted by atomic mass is 9.97. The summed E-state index contributed by atoms with van der Waals surface area (Å²) < 4.78 is 10.8. The minimum atomic E-state index is -0.261. The molecule has 0 unspecified atom stereocenters. The van der Waals surface area contributed by atoms with Gasteiger partial charge in [0.25, 0.3) is 5.91 Å². The molecule has 0 aromatic heterocycles. The van der Waals surface area contributed by atoms with Crippen molar-refractivity contribution in [1.29, 1.82) is 0 Å². The molecule has 0 atom stereocenters. The maximum atomic E-state index is 11.5. The third-order valence-electron chi connectivity index (χ3n) is 4.48. The Labute approximate surface area is 144 Å². The molecule has 0 spiro atoms. The second-order valence-corrected chi connectivity index (χ2v) is 6.23. The Hall–Kier alpha value is -1.63. The standard InChI is InChI=1S/C18H29N3O3/c1-23-12-2-3-13-24-14-15-8-10-21(11-9-15)17-6-4-16(5-7-17)18(22)20-19/h4-7,15H,2-3,8-14,19H2,1H3,(H,20,22). The van der Waals surface area contributed by atoms with Crippen molar-refractivity contribution in [2.75, 3.05) is 44.9 Å². The molecular weight excluding hydrogens is 306 g/mol. The van der Waals surface area contributed by atoms with Crippen molar-refractivity contribution in [2.24, 2.45) is 11.8 Å². The van der Waals surface area contributed by atoms with Crippen molar-refractivity contribution < 1.29 is 14.3 Å². The van der Waals surface area contributed by atoms with E-state index in [-0.39, 0.29) is 5.91 Å². The monoisotopic (exact) mass is 335 g/mol. The van der Waals surface area contributed by atoms with Gasteiger partial charge in [0.05, 0.1) is 0 Å². The number of unbranched alkanes of at least 4 members (excludes halogenated alkanes) is 1. The molecule has 6 heteroatoms. The van der Waals surface area contributed by atoms with Crippen molar-refractivity contribution in [2.45, 2.75) is 25.7 Å². The van der Waals surface area contributed by atoms with Crippen LogP contribution in [0.25, 0.3) is 0 Å². The number of benzene rings is 1. The maximum Gasteiger partial charge on any atom is 0.265 e. The summed E-state index contributed by atoms with van der Waals surface area (Å²) in [6.45, 7) is 4.55. The average Bonchev–Trinajstić information content (AvgIpc) is 2.64. The Bertz CT molecular complexity index is 485. The summed E-state index contributed by atoms with van der Waals surface area (Å²) >= 11 is 0. The smallest absolute Gasteiger partial charge is 0.265 e. The van der Waals surface area contributed by atoms with Gasteiger partial charge in [0.1, 0.15) is 0 Å². The van der Waals surface area contributed by atoms with Gasteiger partial charge in [-0.15, -0.1) is 0 Å². The Morgan fingerprint density at radius 2 is 1.88 bits per heavy atom. The number of nitrogens with zero attached hydrogens (tertiary/aromatic N) is 1. The molecule has 0 saturated carbocycles. The number of carbonyl (C=O) groups is 1. The number of hydrogen-bond acceptors (Lipinski definition) is 5. The van der Waals surface area contributed by atoms with E-state index in [1.165, 1.54) is 0 Å². The van der Waals surface area contributed by atoms with Gasteiger partial charge in [-0.3, -0.25) is 10.2 Å². The number of methoxy groups -OCH3 is 1. The van der Waals surface area contributed by atoms with E-state index in [4.69, 9.17) is 15.3 Å². The predicted octanol–water partition coefficient (Wildman–Crippen LogP) is 1.95. The average molecular weight is 335 g/mol. The maximum absolute atomic E-state index is 11.5. The van der Waals surface area contributed by atoms with Crippen LogP contribution in [-0.2, 0) is 9.47 Å². The minimum absolute atomic E-state index is 0.261. The van der Waals surface area contributed by atoms with Gasteiger partial charge >= 0.3 is 0 Å². The minimum Gasteiger partial charge on any atom is -0.385 e. The molecule has 6 nitrogen and oxygen atoms in total. The van der Waals surface area contributed by atoms with Crippen molar-refractivity contribution in [3.8, 4) is 0 Å². The van der Waals surface area contributed by atoms with Crippen molar-refractivity contribution in [3.05, 3.63) is 29.8 Å². The number of amides is 1. The first-order valence-electron chi connectivity index (χ1n) is 8.67. The van der Waals surface area contributed by atoms with Gasteiger partial charge in [0, 0.05) is 51.3 Å². The van der Waals surface area contributed by atoms with Crippen LogP contribution < -0.4 is 16.2 Å². The molecule has 1 aliphatic rings. The molecule has 1 fully saturated rings. The molecule has 1 heterocycles. The van der Waals surface area contributed by atoms with Crippen molar-refractivity contribution >= 4 is 11.6 Å². The van der Waals surface area contributed by atoms with Gasteiger partial charge in [-0.25, -0.2) is 5.84 Å². The second-order valence-electron chi connectivity index (χ2n) is 6.23. The Balaban J connectivity index is 1.68. The van der Waals surface area contributed by atoms with E-state index in [0.717, 1.165) is 64.3 Å². The summed E-state index contributed by atoms with van der Waals surface area (Å²) in [7, 11) is 1.73. The summed E-state index contributed by atoms with van der Waals surface area (Å²) in [5.41, 5.74) is 3.88. The molecule has 134 valence electrons. The lowest BCUT2D eigenvalue weighted by Crippen LogP contribution is -2.35. The highest BCUT2D eigenvalue weighted by Gasteiger charge is 2.19. The van der Waals surface area contributed by atoms with E-state index in [0.29, 0.717) is 11.5 Å². The lowest BCUT2D eigenvalue weighted by Gasteiger charge is -2.33. The van der Waals surface area contributed by atoms with E-state index in [2.05, 4.69) is 10.3 Å². The molecule has 0 radical (unpaired) electrons. The van der Waals surface area contributed by atoms with Crippen LogP contribution in [0, 0.1) is 5.92 Å². The van der Waals surface area contributed by atoms with Crippen LogP contribution in [0.5, 0.6) is 0 Å². The third kappa shape index (κ3) is 5.78. The number of ether oxygens (including phenoxy) is 2. The van der Waals surface area contributed by atoms with Crippen LogP contribution in [0.15, 0.2) is 24.3 Å². The van der Waals surface area contributed by atoms with E-state index >= 15 is 0 Å². The first kappa shape index (κ1) is 18.7. The molecule has 1 aliphatic heterocycles. The van der Waals surface area contributed by atoms with E-state index in [1.807, 2.05) is 24.3 Å². The molecule has 1 saturated heterocycles. The lowest BCUT2D eigenvalue weighted by molar-refractivity contribution is 0.0823. The Morgan fingerprint density at radius 3 is 2.50 bits per heavy atom. The number of hydrogen-bond donors (Lipinski definition) is 2. The number of nitrogens with one attached hydrogen (secondary N) is 1. The zero-order valence-electron chi connectivity index (χ0n) is 14.5. The molecule has 1 aromatic rings. The molecule has 1 amide bonds. The molecular formula is C18H29N3O3. The van der Waals surface area contributed by atoms with E-state index < -0.39 is 0 Å². The van der Waals surface area contributed by atoms with E-state index in [1.54, 1.807) is 7.11 Å². The zero-order chi connectivity index (χ0) is 17.2. The summed E-state index contributed by atoms with van der Waals surface area (Å²) in [6.07, 6.45) is 4.41. The summed E-state index contributed by atoms with van der Waals surface area (Å²) in [4.78, 5) is 13.8. The number of piperidine rings is 1. The molecule has 24 heavy (non-hydrogen) atoms. The Kier molecular flexibility index (Phi) is 8.01. The number of carbonyl (C=O) groups excluding carboxylic acids is 1. The van der Waals surface area contributed by atoms with Crippen LogP contribution in [-0.4, -0.2) is 45.9 Å². The first-order valence-corrected chi connectivity index (χ1v) is 8.67. The molecule has 3 N–H and O–H groups in total. The van der Waals surface area contributed by atoms with Crippen LogP contribution in [0.3, 0.4) is 0 Å². The molecule has 0 bridgehead atoms. The van der Waals surface area contributed by atoms with Crippen LogP contribution in [0.2, 0.25) is 0 Å². The number of nitrogens with two attached hydrogens (primary N) is 1. The van der Waals surface area contributed by atoms with Gasteiger partial charge in [-0.05, 0) is 55.9 Å². The molecule has 1 aromatic carbocycles. The van der Waals surface area contributed by atoms with Crippen LogP contribution in [0.1, 0.15) is 36.0 Å². The Morgan fingerprint density at radius 1 is 1.21 bits per heavy atom. The highest BCUT2D eigenvalue weighted by Crippen LogP contribution is 2.24.